The van der Waals surface area contributed by atoms with Crippen molar-refractivity contribution in [1.29, 1.82) is 0 Å². The number of hydrogen-bond acceptors (Lipinski definition) is 2. The number of aryl methyl sites for hydroxylation is 1. The van der Waals surface area contributed by atoms with Crippen LogP contribution in [-0.4, -0.2) is 22.3 Å². The summed E-state index contributed by atoms with van der Waals surface area (Å²) >= 11 is 0. The first-order valence-electron chi connectivity index (χ1n) is 9.67. The van der Waals surface area contributed by atoms with Crippen LogP contribution in [0.4, 0.5) is 0 Å². The van der Waals surface area contributed by atoms with Gasteiger partial charge >= 0.3 is 0 Å². The molecule has 28 heavy (non-hydrogen) atoms. The summed E-state index contributed by atoms with van der Waals surface area (Å²) in [5.41, 5.74) is 2.40. The number of amides is 1. The van der Waals surface area contributed by atoms with Crippen LogP contribution < -0.4 is 5.32 Å². The first-order chi connectivity index (χ1) is 13.6. The molecule has 1 N–H and O–H groups in total. The lowest BCUT2D eigenvalue weighted by Gasteiger charge is -2.20. The molecule has 4 nitrogen and oxygen atoms in total. The average molecular weight is 374 g/mol. The SMILES string of the molecule is CC(CCc1ccccc1)NC(=O)C(C)n1cccc1C(=O)c1ccccc1. The van der Waals surface area contributed by atoms with Crippen LogP contribution in [0.3, 0.4) is 0 Å². The fourth-order valence-electron chi connectivity index (χ4n) is 3.25. The zero-order chi connectivity index (χ0) is 19.9. The Hall–Kier alpha value is -3.14. The quantitative estimate of drug-likeness (QED) is 0.594. The van der Waals surface area contributed by atoms with Crippen LogP contribution in [0, 0.1) is 0 Å². The minimum atomic E-state index is -0.461. The van der Waals surface area contributed by atoms with E-state index >= 15 is 0 Å². The van der Waals surface area contributed by atoms with E-state index in [1.54, 1.807) is 35.0 Å². The van der Waals surface area contributed by atoms with Crippen molar-refractivity contribution in [3.05, 3.63) is 95.8 Å². The van der Waals surface area contributed by atoms with E-state index in [1.807, 2.05) is 50.2 Å². The zero-order valence-corrected chi connectivity index (χ0v) is 16.3. The smallest absolute Gasteiger partial charge is 0.242 e. The van der Waals surface area contributed by atoms with Crippen LogP contribution in [0.5, 0.6) is 0 Å². The number of nitrogens with one attached hydrogen (secondary N) is 1. The van der Waals surface area contributed by atoms with E-state index in [0.29, 0.717) is 11.3 Å². The highest BCUT2D eigenvalue weighted by Crippen LogP contribution is 2.17. The maximum absolute atomic E-state index is 12.8. The lowest BCUT2D eigenvalue weighted by Crippen LogP contribution is -2.38. The van der Waals surface area contributed by atoms with E-state index < -0.39 is 6.04 Å². The molecule has 0 bridgehead atoms. The van der Waals surface area contributed by atoms with Crippen LogP contribution in [-0.2, 0) is 11.2 Å². The number of benzene rings is 2. The summed E-state index contributed by atoms with van der Waals surface area (Å²) in [5, 5.41) is 3.07. The number of carbonyl (C=O) groups excluding carboxylic acids is 2. The van der Waals surface area contributed by atoms with Gasteiger partial charge < -0.3 is 9.88 Å². The molecule has 1 heterocycles. The third-order valence-corrected chi connectivity index (χ3v) is 4.94. The average Bonchev–Trinajstić information content (AvgIpc) is 3.22. The Bertz CT molecular complexity index is 916. The minimum Gasteiger partial charge on any atom is -0.352 e. The summed E-state index contributed by atoms with van der Waals surface area (Å²) in [7, 11) is 0. The number of hydrogen-bond donors (Lipinski definition) is 1. The fraction of sp³-hybridized carbons (Fsp3) is 0.250. The van der Waals surface area contributed by atoms with E-state index in [2.05, 4.69) is 17.4 Å². The van der Waals surface area contributed by atoms with E-state index in [-0.39, 0.29) is 17.7 Å². The molecular formula is C24H26N2O2. The summed E-state index contributed by atoms with van der Waals surface area (Å²) in [6.07, 6.45) is 3.57. The summed E-state index contributed by atoms with van der Waals surface area (Å²) in [6, 6.07) is 22.5. The second kappa shape index (κ2) is 9.18. The molecule has 144 valence electrons. The largest absolute Gasteiger partial charge is 0.352 e. The summed E-state index contributed by atoms with van der Waals surface area (Å²) < 4.78 is 1.74. The van der Waals surface area contributed by atoms with Gasteiger partial charge in [0.25, 0.3) is 0 Å². The zero-order valence-electron chi connectivity index (χ0n) is 16.3. The van der Waals surface area contributed by atoms with Gasteiger partial charge in [0.2, 0.25) is 11.7 Å². The number of aromatic nitrogens is 1. The van der Waals surface area contributed by atoms with Gasteiger partial charge in [-0.15, -0.1) is 0 Å². The van der Waals surface area contributed by atoms with Crippen molar-refractivity contribution in [2.24, 2.45) is 0 Å². The third-order valence-electron chi connectivity index (χ3n) is 4.94. The minimum absolute atomic E-state index is 0.0546. The number of nitrogens with zero attached hydrogens (tertiary/aromatic N) is 1. The Labute approximate surface area is 166 Å². The lowest BCUT2D eigenvalue weighted by atomic mass is 10.1. The Kier molecular flexibility index (Phi) is 6.43. The van der Waals surface area contributed by atoms with Gasteiger partial charge in [-0.3, -0.25) is 9.59 Å². The van der Waals surface area contributed by atoms with Gasteiger partial charge in [-0.05, 0) is 44.4 Å². The van der Waals surface area contributed by atoms with Crippen molar-refractivity contribution >= 4 is 11.7 Å². The van der Waals surface area contributed by atoms with E-state index in [9.17, 15) is 9.59 Å². The highest BCUT2D eigenvalue weighted by molar-refractivity contribution is 6.08. The summed E-state index contributed by atoms with van der Waals surface area (Å²) in [6.45, 7) is 3.83. The Morgan fingerprint density at radius 2 is 1.54 bits per heavy atom. The van der Waals surface area contributed by atoms with Gasteiger partial charge in [0.15, 0.2) is 0 Å². The van der Waals surface area contributed by atoms with Crippen LogP contribution in [0.25, 0.3) is 0 Å². The third kappa shape index (κ3) is 4.77. The predicted octanol–water partition coefficient (Wildman–Crippen LogP) is 4.42. The van der Waals surface area contributed by atoms with Gasteiger partial charge in [0.05, 0.1) is 5.69 Å². The molecule has 3 rings (SSSR count). The Balaban J connectivity index is 1.62. The van der Waals surface area contributed by atoms with Crippen LogP contribution in [0.1, 0.15) is 47.9 Å². The predicted molar refractivity (Wildman–Crippen MR) is 111 cm³/mol. The molecule has 0 aliphatic rings. The molecule has 0 spiro atoms. The van der Waals surface area contributed by atoms with Crippen LogP contribution >= 0.6 is 0 Å². The summed E-state index contributed by atoms with van der Waals surface area (Å²) in [4.78, 5) is 25.5. The monoisotopic (exact) mass is 374 g/mol. The van der Waals surface area contributed by atoms with E-state index in [1.165, 1.54) is 5.56 Å². The maximum Gasteiger partial charge on any atom is 0.242 e. The molecule has 2 unspecified atom stereocenters. The van der Waals surface area contributed by atoms with Gasteiger partial charge in [-0.25, -0.2) is 0 Å². The van der Waals surface area contributed by atoms with E-state index in [0.717, 1.165) is 12.8 Å². The molecule has 0 aliphatic carbocycles. The number of carbonyl (C=O) groups is 2. The van der Waals surface area contributed by atoms with Crippen LogP contribution in [0.15, 0.2) is 79.0 Å². The normalized spacial score (nSPS) is 12.9. The molecule has 1 aromatic heterocycles. The van der Waals surface area contributed by atoms with E-state index in [4.69, 9.17) is 0 Å². The molecule has 0 saturated carbocycles. The topological polar surface area (TPSA) is 51.1 Å². The van der Waals surface area contributed by atoms with Crippen LogP contribution in [0.2, 0.25) is 0 Å². The van der Waals surface area contributed by atoms with Crippen molar-refractivity contribution in [2.75, 3.05) is 0 Å². The Morgan fingerprint density at radius 3 is 2.21 bits per heavy atom. The maximum atomic E-state index is 12.8. The van der Waals surface area contributed by atoms with Crippen molar-refractivity contribution in [2.45, 2.75) is 38.8 Å². The van der Waals surface area contributed by atoms with Gasteiger partial charge in [-0.1, -0.05) is 60.7 Å². The molecule has 0 fully saturated rings. The van der Waals surface area contributed by atoms with Crippen molar-refractivity contribution in [3.63, 3.8) is 0 Å². The molecule has 0 aliphatic heterocycles. The van der Waals surface area contributed by atoms with Gasteiger partial charge in [-0.2, -0.15) is 0 Å². The highest BCUT2D eigenvalue weighted by atomic mass is 16.2. The number of rotatable bonds is 8. The molecule has 2 aromatic carbocycles. The van der Waals surface area contributed by atoms with Crippen molar-refractivity contribution in [1.82, 2.24) is 9.88 Å². The molecule has 0 radical (unpaired) electrons. The first-order valence-corrected chi connectivity index (χ1v) is 9.67. The molecule has 0 saturated heterocycles. The van der Waals surface area contributed by atoms with Gasteiger partial charge in [0, 0.05) is 17.8 Å². The standard InChI is InChI=1S/C24H26N2O2/c1-18(15-16-20-10-5-3-6-11-20)25-24(28)19(2)26-17-9-14-22(26)23(27)21-12-7-4-8-13-21/h3-14,17-19H,15-16H2,1-2H3,(H,25,28). The van der Waals surface area contributed by atoms with Gasteiger partial charge in [0.1, 0.15) is 6.04 Å². The highest BCUT2D eigenvalue weighted by Gasteiger charge is 2.22. The lowest BCUT2D eigenvalue weighted by molar-refractivity contribution is -0.124. The Morgan fingerprint density at radius 1 is 0.893 bits per heavy atom. The van der Waals surface area contributed by atoms with Crippen molar-refractivity contribution in [3.8, 4) is 0 Å². The fourth-order valence-corrected chi connectivity index (χ4v) is 3.25. The molecule has 3 aromatic rings. The molecule has 4 heteroatoms. The second-order valence-corrected chi connectivity index (χ2v) is 7.11. The second-order valence-electron chi connectivity index (χ2n) is 7.11. The van der Waals surface area contributed by atoms with Crippen molar-refractivity contribution < 1.29 is 9.59 Å². The molecule has 1 amide bonds. The summed E-state index contributed by atoms with van der Waals surface area (Å²) in [5.74, 6) is -0.166. The number of ketones is 1. The molecular weight excluding hydrogens is 348 g/mol. The molecule has 2 atom stereocenters. The first kappa shape index (κ1) is 19.6.